The van der Waals surface area contributed by atoms with E-state index in [1.807, 2.05) is 37.3 Å². The molecular formula is C22H17N3O4. The number of hydrogen-bond acceptors (Lipinski definition) is 5. The molecule has 0 saturated heterocycles. The number of nitrogens with zero attached hydrogens (tertiary/aromatic N) is 2. The summed E-state index contributed by atoms with van der Waals surface area (Å²) in [7, 11) is 0. The van der Waals surface area contributed by atoms with Crippen molar-refractivity contribution in [1.29, 1.82) is 0 Å². The second-order valence-electron chi connectivity index (χ2n) is 6.63. The van der Waals surface area contributed by atoms with Crippen LogP contribution >= 0.6 is 0 Å². The average Bonchev–Trinajstić information content (AvgIpc) is 3.13. The molecule has 0 aliphatic carbocycles. The summed E-state index contributed by atoms with van der Waals surface area (Å²) < 4.78 is 5.84. The van der Waals surface area contributed by atoms with Crippen LogP contribution in [0.1, 0.15) is 21.5 Å². The highest BCUT2D eigenvalue weighted by Gasteiger charge is 2.19. The van der Waals surface area contributed by atoms with Crippen LogP contribution in [0.2, 0.25) is 0 Å². The third-order valence-electron chi connectivity index (χ3n) is 4.85. The minimum absolute atomic E-state index is 0.0883. The third kappa shape index (κ3) is 3.34. The monoisotopic (exact) mass is 387 g/mol. The normalized spacial score (nSPS) is 10.8. The number of amides is 1. The molecular weight excluding hydrogens is 370 g/mol. The van der Waals surface area contributed by atoms with Crippen molar-refractivity contribution in [1.82, 2.24) is 4.98 Å². The molecule has 29 heavy (non-hydrogen) atoms. The minimum Gasteiger partial charge on any atom is -0.436 e. The molecule has 0 unspecified atom stereocenters. The van der Waals surface area contributed by atoms with Crippen LogP contribution in [0, 0.1) is 24.0 Å². The van der Waals surface area contributed by atoms with Gasteiger partial charge in [0, 0.05) is 28.4 Å². The molecule has 7 nitrogen and oxygen atoms in total. The zero-order chi connectivity index (χ0) is 20.5. The van der Waals surface area contributed by atoms with E-state index in [9.17, 15) is 14.9 Å². The van der Waals surface area contributed by atoms with Gasteiger partial charge in [0.05, 0.1) is 4.92 Å². The van der Waals surface area contributed by atoms with Gasteiger partial charge >= 0.3 is 0 Å². The molecule has 7 heteroatoms. The van der Waals surface area contributed by atoms with E-state index in [0.29, 0.717) is 22.7 Å². The van der Waals surface area contributed by atoms with Crippen LogP contribution < -0.4 is 5.32 Å². The number of rotatable bonds is 4. The maximum atomic E-state index is 12.8. The number of anilines is 1. The van der Waals surface area contributed by atoms with Crippen molar-refractivity contribution in [2.75, 3.05) is 5.32 Å². The topological polar surface area (TPSA) is 98.3 Å². The predicted octanol–water partition coefficient (Wildman–Crippen LogP) is 5.27. The summed E-state index contributed by atoms with van der Waals surface area (Å²) in [5.41, 5.74) is 4.06. The van der Waals surface area contributed by atoms with Crippen molar-refractivity contribution in [2.45, 2.75) is 13.8 Å². The second kappa shape index (κ2) is 7.20. The first kappa shape index (κ1) is 18.4. The van der Waals surface area contributed by atoms with Crippen LogP contribution in [0.3, 0.4) is 0 Å². The summed E-state index contributed by atoms with van der Waals surface area (Å²) in [5.74, 6) is 0.0512. The third-order valence-corrected chi connectivity index (χ3v) is 4.85. The Kier molecular flexibility index (Phi) is 4.56. The number of fused-ring (bicyclic) bond motifs is 1. The molecule has 0 atom stereocenters. The lowest BCUT2D eigenvalue weighted by Crippen LogP contribution is -2.15. The van der Waals surface area contributed by atoms with E-state index < -0.39 is 10.8 Å². The number of para-hydroxylation sites is 2. The highest BCUT2D eigenvalue weighted by Crippen LogP contribution is 2.31. The van der Waals surface area contributed by atoms with Crippen molar-refractivity contribution < 1.29 is 14.1 Å². The fraction of sp³-hybridized carbons (Fsp3) is 0.0909. The Hall–Kier alpha value is -4.00. The number of hydrogen-bond donors (Lipinski definition) is 1. The lowest BCUT2D eigenvalue weighted by Gasteiger charge is -2.12. The Morgan fingerprint density at radius 1 is 1.00 bits per heavy atom. The van der Waals surface area contributed by atoms with Crippen LogP contribution in [-0.4, -0.2) is 15.8 Å². The van der Waals surface area contributed by atoms with Crippen LogP contribution in [-0.2, 0) is 0 Å². The lowest BCUT2D eigenvalue weighted by atomic mass is 10.0. The molecule has 1 aromatic heterocycles. The molecule has 0 saturated carbocycles. The Morgan fingerprint density at radius 3 is 2.52 bits per heavy atom. The summed E-state index contributed by atoms with van der Waals surface area (Å²) >= 11 is 0. The zero-order valence-corrected chi connectivity index (χ0v) is 15.8. The molecule has 1 heterocycles. The van der Waals surface area contributed by atoms with E-state index in [2.05, 4.69) is 10.3 Å². The lowest BCUT2D eigenvalue weighted by molar-refractivity contribution is -0.385. The number of aromatic nitrogens is 1. The summed E-state index contributed by atoms with van der Waals surface area (Å²) in [4.78, 5) is 27.9. The van der Waals surface area contributed by atoms with E-state index >= 15 is 0 Å². The molecule has 0 radical (unpaired) electrons. The molecule has 0 aliphatic rings. The largest absolute Gasteiger partial charge is 0.436 e. The molecule has 4 rings (SSSR count). The predicted molar refractivity (Wildman–Crippen MR) is 110 cm³/mol. The number of nitro groups is 1. The molecule has 0 bridgehead atoms. The maximum Gasteiger partial charge on any atom is 0.273 e. The fourth-order valence-electron chi connectivity index (χ4n) is 3.25. The Labute approximate surface area is 166 Å². The quantitative estimate of drug-likeness (QED) is 0.380. The van der Waals surface area contributed by atoms with Crippen LogP contribution in [0.4, 0.5) is 11.4 Å². The zero-order valence-electron chi connectivity index (χ0n) is 15.8. The number of benzene rings is 3. The number of nitro benzene ring substituents is 1. The fourth-order valence-corrected chi connectivity index (χ4v) is 3.25. The summed E-state index contributed by atoms with van der Waals surface area (Å²) in [6.45, 7) is 3.43. The molecule has 144 valence electrons. The van der Waals surface area contributed by atoms with Crippen molar-refractivity contribution >= 4 is 28.4 Å². The maximum absolute atomic E-state index is 12.8. The van der Waals surface area contributed by atoms with Crippen molar-refractivity contribution in [3.8, 4) is 11.5 Å². The Balaban J connectivity index is 1.69. The first-order valence-corrected chi connectivity index (χ1v) is 8.96. The highest BCUT2D eigenvalue weighted by molar-refractivity contribution is 6.06. The van der Waals surface area contributed by atoms with Crippen LogP contribution in [0.5, 0.6) is 0 Å². The van der Waals surface area contributed by atoms with Crippen molar-refractivity contribution in [3.63, 3.8) is 0 Å². The SMILES string of the molecule is Cc1c(NC(=O)c2cccc([N+](=O)[O-])c2C)cccc1-c1nc2ccccc2o1. The van der Waals surface area contributed by atoms with Gasteiger partial charge in [-0.1, -0.05) is 24.3 Å². The summed E-state index contributed by atoms with van der Waals surface area (Å²) in [6, 6.07) is 17.4. The number of carbonyl (C=O) groups is 1. The van der Waals surface area contributed by atoms with E-state index in [-0.39, 0.29) is 11.3 Å². The van der Waals surface area contributed by atoms with Gasteiger partial charge in [0.2, 0.25) is 5.89 Å². The van der Waals surface area contributed by atoms with Gasteiger partial charge in [-0.05, 0) is 49.7 Å². The second-order valence-corrected chi connectivity index (χ2v) is 6.63. The van der Waals surface area contributed by atoms with Gasteiger partial charge in [-0.15, -0.1) is 0 Å². The van der Waals surface area contributed by atoms with Gasteiger partial charge in [0.25, 0.3) is 11.6 Å². The van der Waals surface area contributed by atoms with Gasteiger partial charge in [0.1, 0.15) is 5.52 Å². The van der Waals surface area contributed by atoms with Gasteiger partial charge in [-0.2, -0.15) is 0 Å². The molecule has 1 N–H and O–H groups in total. The van der Waals surface area contributed by atoms with E-state index in [0.717, 1.165) is 16.6 Å². The highest BCUT2D eigenvalue weighted by atomic mass is 16.6. The first-order chi connectivity index (χ1) is 14.0. The number of nitrogens with one attached hydrogen (secondary N) is 1. The summed E-state index contributed by atoms with van der Waals surface area (Å²) in [5, 5.41) is 14.0. The van der Waals surface area contributed by atoms with Crippen molar-refractivity contribution in [2.24, 2.45) is 0 Å². The molecule has 3 aromatic carbocycles. The Bertz CT molecular complexity index is 1230. The first-order valence-electron chi connectivity index (χ1n) is 8.96. The standard InChI is InChI=1S/C22H17N3O4/c1-13-16(22-24-18-9-3-4-12-20(18)29-22)8-5-10-17(13)23-21(26)15-7-6-11-19(14(15)2)25(27)28/h3-12H,1-2H3,(H,23,26). The molecule has 0 aliphatic heterocycles. The molecule has 0 spiro atoms. The van der Waals surface area contributed by atoms with E-state index in [1.54, 1.807) is 25.1 Å². The van der Waals surface area contributed by atoms with Gasteiger partial charge < -0.3 is 9.73 Å². The number of oxazole rings is 1. The molecule has 0 fully saturated rings. The molecule has 4 aromatic rings. The van der Waals surface area contributed by atoms with E-state index in [4.69, 9.17) is 4.42 Å². The van der Waals surface area contributed by atoms with Crippen molar-refractivity contribution in [3.05, 3.63) is 87.5 Å². The van der Waals surface area contributed by atoms with Crippen LogP contribution in [0.25, 0.3) is 22.6 Å². The van der Waals surface area contributed by atoms with E-state index in [1.165, 1.54) is 12.1 Å². The molecule has 1 amide bonds. The Morgan fingerprint density at radius 2 is 1.76 bits per heavy atom. The van der Waals surface area contributed by atoms with Crippen LogP contribution in [0.15, 0.2) is 65.1 Å². The van der Waals surface area contributed by atoms with Gasteiger partial charge in [0.15, 0.2) is 5.58 Å². The minimum atomic E-state index is -0.495. The smallest absolute Gasteiger partial charge is 0.273 e. The van der Waals surface area contributed by atoms with Gasteiger partial charge in [-0.3, -0.25) is 14.9 Å². The van der Waals surface area contributed by atoms with Gasteiger partial charge in [-0.25, -0.2) is 4.98 Å². The average molecular weight is 387 g/mol. The summed E-state index contributed by atoms with van der Waals surface area (Å²) in [6.07, 6.45) is 0. The number of carbonyl (C=O) groups excluding carboxylic acids is 1.